The van der Waals surface area contributed by atoms with Gasteiger partial charge in [-0.1, -0.05) is 18.2 Å². The van der Waals surface area contributed by atoms with E-state index in [0.29, 0.717) is 31.0 Å². The molecule has 0 unspecified atom stereocenters. The van der Waals surface area contributed by atoms with Gasteiger partial charge in [0.1, 0.15) is 17.2 Å². The quantitative estimate of drug-likeness (QED) is 0.405. The maximum atomic E-state index is 13.5. The molecule has 2 aromatic carbocycles. The van der Waals surface area contributed by atoms with Gasteiger partial charge in [-0.2, -0.15) is 0 Å². The van der Waals surface area contributed by atoms with Crippen molar-refractivity contribution < 1.29 is 17.6 Å². The molecule has 0 aliphatic carbocycles. The van der Waals surface area contributed by atoms with E-state index in [1.165, 1.54) is 12.1 Å². The molecular formula is C26H24F3N3O. The van der Waals surface area contributed by atoms with Gasteiger partial charge in [0.2, 0.25) is 0 Å². The Kier molecular flexibility index (Phi) is 5.68. The summed E-state index contributed by atoms with van der Waals surface area (Å²) >= 11 is 0. The van der Waals surface area contributed by atoms with Gasteiger partial charge in [0.25, 0.3) is 5.92 Å². The van der Waals surface area contributed by atoms with Gasteiger partial charge in [0.15, 0.2) is 0 Å². The Bertz CT molecular complexity index is 1260. The van der Waals surface area contributed by atoms with E-state index in [9.17, 15) is 13.2 Å². The average Bonchev–Trinajstić information content (AvgIpc) is 3.24. The summed E-state index contributed by atoms with van der Waals surface area (Å²) in [4.78, 5) is 6.67. The van der Waals surface area contributed by atoms with Crippen molar-refractivity contribution in [3.05, 3.63) is 77.9 Å². The number of hydrogen-bond donors (Lipinski definition) is 1. The molecule has 0 spiro atoms. The first-order chi connectivity index (χ1) is 15.9. The minimum atomic E-state index is -2.55. The van der Waals surface area contributed by atoms with Crippen LogP contribution in [-0.2, 0) is 13.1 Å². The van der Waals surface area contributed by atoms with Crippen molar-refractivity contribution in [1.29, 1.82) is 0 Å². The van der Waals surface area contributed by atoms with Crippen LogP contribution in [-0.4, -0.2) is 28.9 Å². The Hall–Kier alpha value is -3.16. The van der Waals surface area contributed by atoms with Crippen LogP contribution in [0.15, 0.2) is 65.2 Å². The zero-order valence-electron chi connectivity index (χ0n) is 18.0. The molecule has 7 heteroatoms. The Morgan fingerprint density at radius 3 is 2.39 bits per heavy atom. The topological polar surface area (TPSA) is 55.3 Å². The van der Waals surface area contributed by atoms with Crippen LogP contribution in [0, 0.1) is 5.82 Å². The lowest BCUT2D eigenvalue weighted by atomic mass is 9.98. The molecule has 0 bridgehead atoms. The van der Waals surface area contributed by atoms with Gasteiger partial charge in [-0.3, -0.25) is 9.88 Å². The van der Waals surface area contributed by atoms with Crippen molar-refractivity contribution in [2.45, 2.75) is 31.9 Å². The maximum Gasteiger partial charge on any atom is 0.250 e. The van der Waals surface area contributed by atoms with Crippen LogP contribution in [0.3, 0.4) is 0 Å². The SMILES string of the molecule is NCc1cc2cc(-c3ccc(CN4CCC(F)(F)CC4)cn3)cc(-c3ccc(F)cc3)c2o1. The molecule has 0 atom stereocenters. The summed E-state index contributed by atoms with van der Waals surface area (Å²) in [6.45, 7) is 1.65. The van der Waals surface area contributed by atoms with E-state index < -0.39 is 5.92 Å². The third-order valence-electron chi connectivity index (χ3n) is 6.14. The van der Waals surface area contributed by atoms with Gasteiger partial charge < -0.3 is 10.2 Å². The molecule has 0 radical (unpaired) electrons. The number of pyridine rings is 1. The number of nitrogens with two attached hydrogens (primary N) is 1. The van der Waals surface area contributed by atoms with E-state index in [4.69, 9.17) is 10.2 Å². The number of fused-ring (bicyclic) bond motifs is 1. The minimum absolute atomic E-state index is 0.0970. The monoisotopic (exact) mass is 451 g/mol. The second-order valence-electron chi connectivity index (χ2n) is 8.55. The Morgan fingerprint density at radius 1 is 0.970 bits per heavy atom. The van der Waals surface area contributed by atoms with Crippen LogP contribution in [0.1, 0.15) is 24.2 Å². The normalized spacial score (nSPS) is 16.4. The molecule has 1 aliphatic heterocycles. The van der Waals surface area contributed by atoms with Crippen molar-refractivity contribution in [3.63, 3.8) is 0 Å². The molecule has 2 aromatic heterocycles. The second kappa shape index (κ2) is 8.65. The number of aromatic nitrogens is 1. The minimum Gasteiger partial charge on any atom is -0.459 e. The zero-order chi connectivity index (χ0) is 23.0. The molecule has 4 aromatic rings. The summed E-state index contributed by atoms with van der Waals surface area (Å²) in [5.74, 6) is -2.18. The predicted octanol–water partition coefficient (Wildman–Crippen LogP) is 5.99. The van der Waals surface area contributed by atoms with E-state index >= 15 is 0 Å². The smallest absolute Gasteiger partial charge is 0.250 e. The largest absolute Gasteiger partial charge is 0.459 e. The van der Waals surface area contributed by atoms with Crippen molar-refractivity contribution in [2.24, 2.45) is 5.73 Å². The standard InChI is InChI=1S/C26H24F3N3O/c27-21-4-2-18(3-5-21)23-13-19(11-20-12-22(14-30)33-25(20)23)24-6-1-17(15-31-24)16-32-9-7-26(28,29)8-10-32/h1-6,11-13,15H,7-10,14,16,30H2. The summed E-state index contributed by atoms with van der Waals surface area (Å²) < 4.78 is 46.2. The van der Waals surface area contributed by atoms with Crippen LogP contribution >= 0.6 is 0 Å². The van der Waals surface area contributed by atoms with Crippen LogP contribution in [0.2, 0.25) is 0 Å². The van der Waals surface area contributed by atoms with Crippen molar-refractivity contribution >= 4 is 11.0 Å². The van der Waals surface area contributed by atoms with E-state index in [2.05, 4.69) is 4.98 Å². The fourth-order valence-corrected chi connectivity index (χ4v) is 4.28. The lowest BCUT2D eigenvalue weighted by Gasteiger charge is -2.31. The van der Waals surface area contributed by atoms with Crippen LogP contribution in [0.5, 0.6) is 0 Å². The molecule has 4 nitrogen and oxygen atoms in total. The molecule has 170 valence electrons. The highest BCUT2D eigenvalue weighted by atomic mass is 19.3. The third kappa shape index (κ3) is 4.65. The molecule has 0 amide bonds. The van der Waals surface area contributed by atoms with Crippen LogP contribution in [0.4, 0.5) is 13.2 Å². The van der Waals surface area contributed by atoms with Crippen LogP contribution in [0.25, 0.3) is 33.4 Å². The van der Waals surface area contributed by atoms with E-state index in [1.807, 2.05) is 35.2 Å². The summed E-state index contributed by atoms with van der Waals surface area (Å²) in [5.41, 5.74) is 10.8. The first kappa shape index (κ1) is 21.7. The number of hydrogen-bond acceptors (Lipinski definition) is 4. The highest BCUT2D eigenvalue weighted by molar-refractivity contribution is 5.96. The Balaban J connectivity index is 1.45. The number of nitrogens with zero attached hydrogens (tertiary/aromatic N) is 2. The lowest BCUT2D eigenvalue weighted by Crippen LogP contribution is -2.38. The van der Waals surface area contributed by atoms with Gasteiger partial charge in [0, 0.05) is 55.2 Å². The number of piperidine rings is 1. The molecular weight excluding hydrogens is 427 g/mol. The maximum absolute atomic E-state index is 13.5. The summed E-state index contributed by atoms with van der Waals surface area (Å²) in [6.07, 6.45) is 1.60. The molecule has 33 heavy (non-hydrogen) atoms. The van der Waals surface area contributed by atoms with Gasteiger partial charge >= 0.3 is 0 Å². The van der Waals surface area contributed by atoms with E-state index in [-0.39, 0.29) is 25.2 Å². The van der Waals surface area contributed by atoms with Crippen LogP contribution < -0.4 is 5.73 Å². The highest BCUT2D eigenvalue weighted by Crippen LogP contribution is 2.36. The molecule has 0 saturated carbocycles. The highest BCUT2D eigenvalue weighted by Gasteiger charge is 2.33. The number of likely N-dealkylation sites (tertiary alicyclic amines) is 1. The molecule has 2 N–H and O–H groups in total. The zero-order valence-corrected chi connectivity index (χ0v) is 18.0. The fourth-order valence-electron chi connectivity index (χ4n) is 4.28. The van der Waals surface area contributed by atoms with Gasteiger partial charge in [-0.15, -0.1) is 0 Å². The van der Waals surface area contributed by atoms with Crippen molar-refractivity contribution in [3.8, 4) is 22.4 Å². The Morgan fingerprint density at radius 2 is 1.73 bits per heavy atom. The number of benzene rings is 2. The number of alkyl halides is 2. The predicted molar refractivity (Wildman–Crippen MR) is 122 cm³/mol. The van der Waals surface area contributed by atoms with Gasteiger partial charge in [-0.05, 0) is 47.5 Å². The molecule has 1 saturated heterocycles. The van der Waals surface area contributed by atoms with E-state index in [0.717, 1.165) is 33.3 Å². The first-order valence-electron chi connectivity index (χ1n) is 11.0. The molecule has 1 aliphatic rings. The first-order valence-corrected chi connectivity index (χ1v) is 11.0. The molecule has 3 heterocycles. The third-order valence-corrected chi connectivity index (χ3v) is 6.14. The molecule has 5 rings (SSSR count). The lowest BCUT2D eigenvalue weighted by molar-refractivity contribution is -0.0566. The number of rotatable bonds is 5. The number of furan rings is 1. The molecule has 1 fully saturated rings. The fraction of sp³-hybridized carbons (Fsp3) is 0.269. The van der Waals surface area contributed by atoms with E-state index in [1.54, 1.807) is 18.3 Å². The van der Waals surface area contributed by atoms with Crippen molar-refractivity contribution in [2.75, 3.05) is 13.1 Å². The average molecular weight is 451 g/mol. The summed E-state index contributed by atoms with van der Waals surface area (Å²) in [6, 6.07) is 16.1. The Labute approximate surface area is 189 Å². The second-order valence-corrected chi connectivity index (χ2v) is 8.55. The summed E-state index contributed by atoms with van der Waals surface area (Å²) in [7, 11) is 0. The van der Waals surface area contributed by atoms with Crippen molar-refractivity contribution in [1.82, 2.24) is 9.88 Å². The summed E-state index contributed by atoms with van der Waals surface area (Å²) in [5, 5.41) is 0.896. The number of halogens is 3. The van der Waals surface area contributed by atoms with Gasteiger partial charge in [-0.25, -0.2) is 13.2 Å². The van der Waals surface area contributed by atoms with Gasteiger partial charge in [0.05, 0.1) is 12.2 Å².